The molecule has 0 aliphatic rings. The molecule has 0 unspecified atom stereocenters. The average Bonchev–Trinajstić information content (AvgIpc) is 2.56. The van der Waals surface area contributed by atoms with Crippen LogP contribution in [0.25, 0.3) is 22.6 Å². The van der Waals surface area contributed by atoms with Crippen molar-refractivity contribution >= 4 is 5.97 Å². The monoisotopic (exact) mass is 276 g/mol. The number of hydrogen-bond donors (Lipinski definition) is 1. The number of aromatic carboxylic acids is 1. The summed E-state index contributed by atoms with van der Waals surface area (Å²) in [4.78, 5) is 20.0. The van der Waals surface area contributed by atoms with Gasteiger partial charge in [-0.3, -0.25) is 4.98 Å². The zero-order valence-electron chi connectivity index (χ0n) is 11.1. The lowest BCUT2D eigenvalue weighted by atomic mass is 10.1. The van der Waals surface area contributed by atoms with Crippen LogP contribution in [0.4, 0.5) is 0 Å². The van der Waals surface area contributed by atoms with Crippen LogP contribution in [0.5, 0.6) is 0 Å². The van der Waals surface area contributed by atoms with Crippen molar-refractivity contribution in [3.05, 3.63) is 72.4 Å². The Balaban J connectivity index is 2.11. The Morgan fingerprint density at radius 1 is 0.857 bits per heavy atom. The van der Waals surface area contributed by atoms with Gasteiger partial charge in [-0.1, -0.05) is 36.4 Å². The Kier molecular flexibility index (Phi) is 3.43. The van der Waals surface area contributed by atoms with Crippen LogP contribution in [0.1, 0.15) is 10.4 Å². The van der Waals surface area contributed by atoms with Gasteiger partial charge < -0.3 is 5.11 Å². The number of carboxylic acids is 1. The van der Waals surface area contributed by atoms with Gasteiger partial charge in [0, 0.05) is 11.8 Å². The maximum Gasteiger partial charge on any atom is 0.337 e. The highest BCUT2D eigenvalue weighted by Crippen LogP contribution is 2.23. The number of nitrogens with zero attached hydrogens (tertiary/aromatic N) is 2. The lowest BCUT2D eigenvalue weighted by Gasteiger charge is -2.06. The molecule has 0 amide bonds. The van der Waals surface area contributed by atoms with E-state index in [9.17, 15) is 9.90 Å². The molecular formula is C17H12N2O2. The first-order valence-corrected chi connectivity index (χ1v) is 6.47. The molecule has 21 heavy (non-hydrogen) atoms. The van der Waals surface area contributed by atoms with E-state index in [0.29, 0.717) is 11.4 Å². The number of carboxylic acid groups (broad SMARTS) is 1. The van der Waals surface area contributed by atoms with Crippen molar-refractivity contribution in [3.63, 3.8) is 0 Å². The topological polar surface area (TPSA) is 63.1 Å². The van der Waals surface area contributed by atoms with Gasteiger partial charge in [-0.25, -0.2) is 9.78 Å². The normalized spacial score (nSPS) is 10.3. The largest absolute Gasteiger partial charge is 0.478 e. The van der Waals surface area contributed by atoms with E-state index in [1.165, 1.54) is 6.07 Å². The third-order valence-electron chi connectivity index (χ3n) is 3.10. The van der Waals surface area contributed by atoms with E-state index in [1.54, 1.807) is 18.3 Å². The molecule has 0 aliphatic carbocycles. The Hall–Kier alpha value is -3.01. The lowest BCUT2D eigenvalue weighted by molar-refractivity contribution is 0.0697. The second kappa shape index (κ2) is 5.54. The Morgan fingerprint density at radius 3 is 2.38 bits per heavy atom. The van der Waals surface area contributed by atoms with Crippen LogP contribution in [-0.2, 0) is 0 Å². The molecule has 3 rings (SSSR count). The first-order chi connectivity index (χ1) is 10.3. The zero-order valence-corrected chi connectivity index (χ0v) is 11.1. The summed E-state index contributed by atoms with van der Waals surface area (Å²) >= 11 is 0. The van der Waals surface area contributed by atoms with Crippen LogP contribution in [0.2, 0.25) is 0 Å². The molecule has 0 bridgehead atoms. The Morgan fingerprint density at radius 2 is 1.62 bits per heavy atom. The summed E-state index contributed by atoms with van der Waals surface area (Å²) in [5.74, 6) is -1.01. The van der Waals surface area contributed by atoms with Crippen LogP contribution in [0.15, 0.2) is 66.9 Å². The van der Waals surface area contributed by atoms with Gasteiger partial charge in [0.25, 0.3) is 0 Å². The molecule has 1 aromatic carbocycles. The average molecular weight is 276 g/mol. The standard InChI is InChI=1S/C17H12N2O2/c20-17(21)13-8-5-11-18-16(13)15-10-4-9-14(19-15)12-6-2-1-3-7-12/h1-11H,(H,20,21). The van der Waals surface area contributed by atoms with Gasteiger partial charge in [0.05, 0.1) is 17.0 Å². The molecule has 0 fully saturated rings. The number of hydrogen-bond acceptors (Lipinski definition) is 3. The van der Waals surface area contributed by atoms with E-state index >= 15 is 0 Å². The zero-order chi connectivity index (χ0) is 14.7. The lowest BCUT2D eigenvalue weighted by Crippen LogP contribution is -2.02. The number of benzene rings is 1. The molecular weight excluding hydrogens is 264 g/mol. The fourth-order valence-electron chi connectivity index (χ4n) is 2.12. The highest BCUT2D eigenvalue weighted by atomic mass is 16.4. The van der Waals surface area contributed by atoms with Crippen molar-refractivity contribution in [1.29, 1.82) is 0 Å². The van der Waals surface area contributed by atoms with E-state index in [-0.39, 0.29) is 5.56 Å². The molecule has 1 N–H and O–H groups in total. The van der Waals surface area contributed by atoms with Crippen molar-refractivity contribution in [2.24, 2.45) is 0 Å². The Labute approximate surface area is 121 Å². The first kappa shape index (κ1) is 13.0. The molecule has 102 valence electrons. The minimum Gasteiger partial charge on any atom is -0.478 e. The molecule has 2 aromatic heterocycles. The molecule has 0 atom stereocenters. The van der Waals surface area contributed by atoms with Crippen LogP contribution in [0.3, 0.4) is 0 Å². The summed E-state index contributed by atoms with van der Waals surface area (Å²) in [5, 5.41) is 9.25. The van der Waals surface area contributed by atoms with E-state index in [0.717, 1.165) is 11.3 Å². The minimum absolute atomic E-state index is 0.148. The fourth-order valence-corrected chi connectivity index (χ4v) is 2.12. The SMILES string of the molecule is O=C(O)c1cccnc1-c1cccc(-c2ccccc2)n1. The third kappa shape index (κ3) is 2.65. The van der Waals surface area contributed by atoms with Gasteiger partial charge in [0.15, 0.2) is 0 Å². The van der Waals surface area contributed by atoms with E-state index in [1.807, 2.05) is 42.5 Å². The van der Waals surface area contributed by atoms with E-state index < -0.39 is 5.97 Å². The minimum atomic E-state index is -1.01. The molecule has 0 aliphatic heterocycles. The summed E-state index contributed by atoms with van der Waals surface area (Å²) in [6.45, 7) is 0. The maximum atomic E-state index is 11.3. The predicted octanol–water partition coefficient (Wildman–Crippen LogP) is 3.51. The second-order valence-electron chi connectivity index (χ2n) is 4.48. The molecule has 4 nitrogen and oxygen atoms in total. The second-order valence-corrected chi connectivity index (χ2v) is 4.48. The van der Waals surface area contributed by atoms with Gasteiger partial charge in [-0.2, -0.15) is 0 Å². The van der Waals surface area contributed by atoms with E-state index in [4.69, 9.17) is 0 Å². The van der Waals surface area contributed by atoms with Crippen molar-refractivity contribution < 1.29 is 9.90 Å². The predicted molar refractivity (Wildman–Crippen MR) is 79.9 cm³/mol. The fraction of sp³-hybridized carbons (Fsp3) is 0. The van der Waals surface area contributed by atoms with Crippen LogP contribution >= 0.6 is 0 Å². The van der Waals surface area contributed by atoms with Crippen LogP contribution in [-0.4, -0.2) is 21.0 Å². The summed E-state index contributed by atoms with van der Waals surface area (Å²) in [7, 11) is 0. The van der Waals surface area contributed by atoms with Gasteiger partial charge >= 0.3 is 5.97 Å². The quantitative estimate of drug-likeness (QED) is 0.795. The first-order valence-electron chi connectivity index (χ1n) is 6.47. The van der Waals surface area contributed by atoms with Crippen LogP contribution < -0.4 is 0 Å². The van der Waals surface area contributed by atoms with E-state index in [2.05, 4.69) is 9.97 Å². The van der Waals surface area contributed by atoms with Gasteiger partial charge in [-0.15, -0.1) is 0 Å². The van der Waals surface area contributed by atoms with Gasteiger partial charge in [0.2, 0.25) is 0 Å². The summed E-state index contributed by atoms with van der Waals surface area (Å²) < 4.78 is 0. The summed E-state index contributed by atoms with van der Waals surface area (Å²) in [6, 6.07) is 18.4. The highest BCUT2D eigenvalue weighted by Gasteiger charge is 2.13. The van der Waals surface area contributed by atoms with Gasteiger partial charge in [-0.05, 0) is 24.3 Å². The molecule has 0 spiro atoms. The smallest absolute Gasteiger partial charge is 0.337 e. The van der Waals surface area contributed by atoms with Crippen molar-refractivity contribution in [1.82, 2.24) is 9.97 Å². The van der Waals surface area contributed by atoms with Crippen molar-refractivity contribution in [3.8, 4) is 22.6 Å². The van der Waals surface area contributed by atoms with Crippen molar-refractivity contribution in [2.75, 3.05) is 0 Å². The number of rotatable bonds is 3. The molecule has 0 saturated heterocycles. The maximum absolute atomic E-state index is 11.3. The molecule has 0 radical (unpaired) electrons. The molecule has 4 heteroatoms. The number of carbonyl (C=O) groups is 1. The third-order valence-corrected chi connectivity index (χ3v) is 3.10. The molecule has 2 heterocycles. The molecule has 0 saturated carbocycles. The number of aromatic nitrogens is 2. The Bertz CT molecular complexity index is 786. The molecule has 3 aromatic rings. The summed E-state index contributed by atoms with van der Waals surface area (Å²) in [6.07, 6.45) is 1.57. The van der Waals surface area contributed by atoms with Gasteiger partial charge in [0.1, 0.15) is 5.69 Å². The highest BCUT2D eigenvalue weighted by molar-refractivity contribution is 5.94. The van der Waals surface area contributed by atoms with Crippen molar-refractivity contribution in [2.45, 2.75) is 0 Å². The van der Waals surface area contributed by atoms with Crippen LogP contribution in [0, 0.1) is 0 Å². The number of pyridine rings is 2. The summed E-state index contributed by atoms with van der Waals surface area (Å²) in [5.41, 5.74) is 2.84.